The van der Waals surface area contributed by atoms with Gasteiger partial charge in [-0.2, -0.15) is 5.26 Å². The zero-order valence-electron chi connectivity index (χ0n) is 10.9. The summed E-state index contributed by atoms with van der Waals surface area (Å²) in [6, 6.07) is 10.6. The van der Waals surface area contributed by atoms with Gasteiger partial charge < -0.3 is 14.8 Å². The van der Waals surface area contributed by atoms with Gasteiger partial charge in [-0.05, 0) is 19.1 Å². The zero-order chi connectivity index (χ0) is 14.5. The Morgan fingerprint density at radius 1 is 1.35 bits per heavy atom. The van der Waals surface area contributed by atoms with Crippen LogP contribution in [-0.2, 0) is 6.61 Å². The topological polar surface area (TPSA) is 86.4 Å². The predicted molar refractivity (Wildman–Crippen MR) is 74.3 cm³/mol. The van der Waals surface area contributed by atoms with Crippen LogP contribution >= 0.6 is 0 Å². The molecule has 1 aromatic heterocycles. The van der Waals surface area contributed by atoms with Gasteiger partial charge in [-0.1, -0.05) is 23.8 Å². The largest absolute Gasteiger partial charge is 0.492 e. The number of benzene rings is 1. The standard InChI is InChI=1S/C14H13BN2O3/c1-10-4-5-14(12(7-10)15(18)19)20-9-11-3-2-6-17-13(11)8-16/h2-7,18-19H,9H2,1H3. The van der Waals surface area contributed by atoms with Gasteiger partial charge in [0.2, 0.25) is 0 Å². The van der Waals surface area contributed by atoms with E-state index >= 15 is 0 Å². The molecule has 1 heterocycles. The number of hydrogen-bond acceptors (Lipinski definition) is 5. The summed E-state index contributed by atoms with van der Waals surface area (Å²) in [7, 11) is -1.60. The highest BCUT2D eigenvalue weighted by Crippen LogP contribution is 2.13. The fourth-order valence-electron chi connectivity index (χ4n) is 1.81. The van der Waals surface area contributed by atoms with Crippen molar-refractivity contribution in [2.75, 3.05) is 0 Å². The number of aryl methyl sites for hydroxylation is 1. The van der Waals surface area contributed by atoms with Crippen LogP contribution < -0.4 is 10.2 Å². The van der Waals surface area contributed by atoms with Crippen LogP contribution in [-0.4, -0.2) is 22.2 Å². The Labute approximate surface area is 117 Å². The number of hydrogen-bond donors (Lipinski definition) is 2. The van der Waals surface area contributed by atoms with Gasteiger partial charge in [-0.25, -0.2) is 4.98 Å². The molecule has 0 spiro atoms. The monoisotopic (exact) mass is 268 g/mol. The summed E-state index contributed by atoms with van der Waals surface area (Å²) in [5.74, 6) is 0.373. The lowest BCUT2D eigenvalue weighted by Crippen LogP contribution is -2.31. The molecule has 5 nitrogen and oxygen atoms in total. The molecule has 0 saturated heterocycles. The smallest absolute Gasteiger partial charge is 0.489 e. The lowest BCUT2D eigenvalue weighted by Gasteiger charge is -2.12. The number of aromatic nitrogens is 1. The first-order valence-electron chi connectivity index (χ1n) is 6.05. The first-order valence-corrected chi connectivity index (χ1v) is 6.05. The van der Waals surface area contributed by atoms with Crippen molar-refractivity contribution in [1.82, 2.24) is 4.98 Å². The van der Waals surface area contributed by atoms with Gasteiger partial charge in [-0.15, -0.1) is 0 Å². The quantitative estimate of drug-likeness (QED) is 0.789. The molecule has 0 fully saturated rings. The normalized spacial score (nSPS) is 9.90. The molecule has 0 bridgehead atoms. The third-order valence-corrected chi connectivity index (χ3v) is 2.82. The SMILES string of the molecule is Cc1ccc(OCc2cccnc2C#N)c(B(O)O)c1. The lowest BCUT2D eigenvalue weighted by atomic mass is 9.79. The van der Waals surface area contributed by atoms with E-state index in [-0.39, 0.29) is 6.61 Å². The number of nitrogens with zero attached hydrogens (tertiary/aromatic N) is 2. The van der Waals surface area contributed by atoms with Crippen molar-refractivity contribution < 1.29 is 14.8 Å². The Kier molecular flexibility index (Phi) is 4.36. The van der Waals surface area contributed by atoms with Crippen LogP contribution in [0.1, 0.15) is 16.8 Å². The van der Waals surface area contributed by atoms with Crippen molar-refractivity contribution in [2.45, 2.75) is 13.5 Å². The first kappa shape index (κ1) is 14.1. The molecule has 0 amide bonds. The van der Waals surface area contributed by atoms with E-state index in [1.54, 1.807) is 24.3 Å². The second-order valence-corrected chi connectivity index (χ2v) is 4.33. The molecule has 0 aliphatic carbocycles. The van der Waals surface area contributed by atoms with Crippen LogP contribution in [0.15, 0.2) is 36.5 Å². The van der Waals surface area contributed by atoms with Gasteiger partial charge in [0.1, 0.15) is 24.1 Å². The molecule has 0 radical (unpaired) electrons. The molecule has 2 N–H and O–H groups in total. The minimum atomic E-state index is -1.60. The Balaban J connectivity index is 2.21. The van der Waals surface area contributed by atoms with E-state index in [1.165, 1.54) is 6.20 Å². The highest BCUT2D eigenvalue weighted by atomic mass is 16.5. The molecule has 0 aliphatic rings. The second-order valence-electron chi connectivity index (χ2n) is 4.33. The fraction of sp³-hybridized carbons (Fsp3) is 0.143. The van der Waals surface area contributed by atoms with Crippen molar-refractivity contribution in [3.8, 4) is 11.8 Å². The van der Waals surface area contributed by atoms with Crippen LogP contribution in [0.3, 0.4) is 0 Å². The van der Waals surface area contributed by atoms with E-state index in [0.29, 0.717) is 22.5 Å². The summed E-state index contributed by atoms with van der Waals surface area (Å²) in [4.78, 5) is 3.94. The summed E-state index contributed by atoms with van der Waals surface area (Å²) in [6.07, 6.45) is 1.54. The van der Waals surface area contributed by atoms with E-state index in [9.17, 15) is 10.0 Å². The van der Waals surface area contributed by atoms with E-state index in [2.05, 4.69) is 4.98 Å². The molecule has 2 aromatic rings. The molecule has 0 atom stereocenters. The molecule has 0 unspecified atom stereocenters. The van der Waals surface area contributed by atoms with Gasteiger partial charge in [0.25, 0.3) is 0 Å². The third kappa shape index (κ3) is 3.15. The molecular weight excluding hydrogens is 255 g/mol. The number of rotatable bonds is 4. The van der Waals surface area contributed by atoms with E-state index < -0.39 is 7.12 Å². The van der Waals surface area contributed by atoms with E-state index in [0.717, 1.165) is 5.56 Å². The number of nitriles is 1. The Bertz CT molecular complexity index is 653. The molecule has 2 rings (SSSR count). The predicted octanol–water partition coefficient (Wildman–Crippen LogP) is 0.520. The molecule has 0 saturated carbocycles. The Hall–Kier alpha value is -2.36. The van der Waals surface area contributed by atoms with Gasteiger partial charge in [-0.3, -0.25) is 0 Å². The molecule has 0 aliphatic heterocycles. The van der Waals surface area contributed by atoms with Crippen LogP contribution in [0.25, 0.3) is 0 Å². The molecular formula is C14H13BN2O3. The minimum Gasteiger partial charge on any atom is -0.489 e. The van der Waals surface area contributed by atoms with Gasteiger partial charge in [0.05, 0.1) is 0 Å². The van der Waals surface area contributed by atoms with Crippen molar-refractivity contribution in [3.63, 3.8) is 0 Å². The zero-order valence-corrected chi connectivity index (χ0v) is 10.9. The van der Waals surface area contributed by atoms with Crippen molar-refractivity contribution in [3.05, 3.63) is 53.3 Å². The summed E-state index contributed by atoms with van der Waals surface area (Å²) in [5.41, 5.74) is 2.15. The minimum absolute atomic E-state index is 0.138. The van der Waals surface area contributed by atoms with Crippen molar-refractivity contribution >= 4 is 12.6 Å². The molecule has 1 aromatic carbocycles. The number of ether oxygens (including phenoxy) is 1. The van der Waals surface area contributed by atoms with E-state index in [4.69, 9.17) is 10.00 Å². The van der Waals surface area contributed by atoms with Crippen LogP contribution in [0.4, 0.5) is 0 Å². The summed E-state index contributed by atoms with van der Waals surface area (Å²) < 4.78 is 5.57. The average molecular weight is 268 g/mol. The van der Waals surface area contributed by atoms with Gasteiger partial charge in [0, 0.05) is 17.2 Å². The van der Waals surface area contributed by atoms with Crippen molar-refractivity contribution in [1.29, 1.82) is 5.26 Å². The molecule has 20 heavy (non-hydrogen) atoms. The fourth-order valence-corrected chi connectivity index (χ4v) is 1.81. The van der Waals surface area contributed by atoms with Crippen molar-refractivity contribution in [2.24, 2.45) is 0 Å². The second kappa shape index (κ2) is 6.19. The molecule has 6 heteroatoms. The maximum Gasteiger partial charge on any atom is 0.492 e. The maximum absolute atomic E-state index is 9.34. The van der Waals surface area contributed by atoms with Crippen LogP contribution in [0, 0.1) is 18.3 Å². The summed E-state index contributed by atoms with van der Waals surface area (Å²) in [5, 5.41) is 27.6. The van der Waals surface area contributed by atoms with Crippen LogP contribution in [0.5, 0.6) is 5.75 Å². The summed E-state index contributed by atoms with van der Waals surface area (Å²) in [6.45, 7) is 1.99. The highest BCUT2D eigenvalue weighted by Gasteiger charge is 2.17. The first-order chi connectivity index (χ1) is 9.61. The van der Waals surface area contributed by atoms with Crippen LogP contribution in [0.2, 0.25) is 0 Å². The average Bonchev–Trinajstić information content (AvgIpc) is 2.46. The molecule has 100 valence electrons. The third-order valence-electron chi connectivity index (χ3n) is 2.82. The lowest BCUT2D eigenvalue weighted by molar-refractivity contribution is 0.306. The van der Waals surface area contributed by atoms with Gasteiger partial charge >= 0.3 is 7.12 Å². The van der Waals surface area contributed by atoms with E-state index in [1.807, 2.05) is 19.1 Å². The number of pyridine rings is 1. The Morgan fingerprint density at radius 2 is 2.15 bits per heavy atom. The summed E-state index contributed by atoms with van der Waals surface area (Å²) >= 11 is 0. The maximum atomic E-state index is 9.34. The highest BCUT2D eigenvalue weighted by molar-refractivity contribution is 6.59. The van der Waals surface area contributed by atoms with Gasteiger partial charge in [0.15, 0.2) is 0 Å². The Morgan fingerprint density at radius 3 is 2.85 bits per heavy atom.